The molecule has 0 saturated heterocycles. The van der Waals surface area contributed by atoms with Gasteiger partial charge in [-0.3, -0.25) is 0 Å². The highest BCUT2D eigenvalue weighted by Gasteiger charge is 2.09. The molecule has 2 aromatic heterocycles. The van der Waals surface area contributed by atoms with Crippen LogP contribution in [0.2, 0.25) is 0 Å². The molecule has 74 valence electrons. The second kappa shape index (κ2) is 3.67. The topological polar surface area (TPSA) is 51.2 Å². The van der Waals surface area contributed by atoms with E-state index < -0.39 is 0 Å². The van der Waals surface area contributed by atoms with E-state index in [0.29, 0.717) is 6.42 Å². The maximum absolute atomic E-state index is 8.82. The standard InChI is InChI=1S/C10H12N2O2/c1-12-8(4-5-13)7-11-10(12)9-3-2-6-14-9/h2-3,6-7,13H,4-5H2,1H3. The first-order chi connectivity index (χ1) is 6.83. The van der Waals surface area contributed by atoms with Gasteiger partial charge in [-0.1, -0.05) is 0 Å². The lowest BCUT2D eigenvalue weighted by Gasteiger charge is -2.01. The number of aromatic nitrogens is 2. The summed E-state index contributed by atoms with van der Waals surface area (Å²) in [4.78, 5) is 4.23. The van der Waals surface area contributed by atoms with Crippen LogP contribution < -0.4 is 0 Å². The molecular weight excluding hydrogens is 180 g/mol. The average Bonchev–Trinajstić information content (AvgIpc) is 2.77. The van der Waals surface area contributed by atoms with Crippen molar-refractivity contribution in [2.24, 2.45) is 7.05 Å². The molecule has 14 heavy (non-hydrogen) atoms. The Labute approximate surface area is 81.8 Å². The third-order valence-corrected chi connectivity index (χ3v) is 2.19. The molecule has 2 heterocycles. The van der Waals surface area contributed by atoms with E-state index >= 15 is 0 Å². The summed E-state index contributed by atoms with van der Waals surface area (Å²) in [6.07, 6.45) is 3.99. The Morgan fingerprint density at radius 3 is 3.07 bits per heavy atom. The quantitative estimate of drug-likeness (QED) is 0.795. The van der Waals surface area contributed by atoms with Crippen molar-refractivity contribution >= 4 is 0 Å². The van der Waals surface area contributed by atoms with Gasteiger partial charge in [-0.25, -0.2) is 4.98 Å². The molecule has 4 nitrogen and oxygen atoms in total. The molecule has 0 aromatic carbocycles. The van der Waals surface area contributed by atoms with Crippen LogP contribution in [-0.4, -0.2) is 21.3 Å². The van der Waals surface area contributed by atoms with Crippen molar-refractivity contribution < 1.29 is 9.52 Å². The minimum absolute atomic E-state index is 0.136. The smallest absolute Gasteiger partial charge is 0.176 e. The van der Waals surface area contributed by atoms with Gasteiger partial charge in [-0.05, 0) is 12.1 Å². The van der Waals surface area contributed by atoms with Crippen molar-refractivity contribution in [2.45, 2.75) is 6.42 Å². The number of hydrogen-bond acceptors (Lipinski definition) is 3. The third kappa shape index (κ3) is 1.44. The molecule has 0 fully saturated rings. The predicted octanol–water partition coefficient (Wildman–Crippen LogP) is 1.21. The molecule has 0 atom stereocenters. The van der Waals surface area contributed by atoms with Crippen molar-refractivity contribution in [3.05, 3.63) is 30.3 Å². The van der Waals surface area contributed by atoms with E-state index in [1.54, 1.807) is 12.5 Å². The molecule has 0 saturated carbocycles. The van der Waals surface area contributed by atoms with Crippen molar-refractivity contribution in [3.63, 3.8) is 0 Å². The third-order valence-electron chi connectivity index (χ3n) is 2.19. The Morgan fingerprint density at radius 1 is 1.57 bits per heavy atom. The summed E-state index contributed by atoms with van der Waals surface area (Å²) in [5.41, 5.74) is 0.999. The molecule has 0 unspecified atom stereocenters. The van der Waals surface area contributed by atoms with Gasteiger partial charge >= 0.3 is 0 Å². The molecule has 2 rings (SSSR count). The van der Waals surface area contributed by atoms with E-state index in [4.69, 9.17) is 9.52 Å². The highest BCUT2D eigenvalue weighted by molar-refractivity contribution is 5.47. The number of nitrogens with zero attached hydrogens (tertiary/aromatic N) is 2. The van der Waals surface area contributed by atoms with Crippen molar-refractivity contribution in [1.29, 1.82) is 0 Å². The summed E-state index contributed by atoms with van der Waals surface area (Å²) < 4.78 is 7.17. The Balaban J connectivity index is 2.36. The number of aliphatic hydroxyl groups excluding tert-OH is 1. The van der Waals surface area contributed by atoms with Crippen LogP contribution in [0.15, 0.2) is 29.0 Å². The second-order valence-corrected chi connectivity index (χ2v) is 3.08. The number of imidazole rings is 1. The van der Waals surface area contributed by atoms with E-state index in [1.165, 1.54) is 0 Å². The van der Waals surface area contributed by atoms with Gasteiger partial charge in [0.25, 0.3) is 0 Å². The van der Waals surface area contributed by atoms with E-state index in [1.807, 2.05) is 23.7 Å². The molecule has 4 heteroatoms. The van der Waals surface area contributed by atoms with Crippen molar-refractivity contribution in [2.75, 3.05) is 6.61 Å². The van der Waals surface area contributed by atoms with Gasteiger partial charge in [-0.2, -0.15) is 0 Å². The summed E-state index contributed by atoms with van der Waals surface area (Å²) >= 11 is 0. The van der Waals surface area contributed by atoms with Crippen LogP contribution in [0.3, 0.4) is 0 Å². The number of aliphatic hydroxyl groups is 1. The van der Waals surface area contributed by atoms with Gasteiger partial charge in [0.1, 0.15) is 0 Å². The van der Waals surface area contributed by atoms with Crippen molar-refractivity contribution in [1.82, 2.24) is 9.55 Å². The molecule has 2 aromatic rings. The van der Waals surface area contributed by atoms with Gasteiger partial charge in [0.15, 0.2) is 11.6 Å². The lowest BCUT2D eigenvalue weighted by atomic mass is 10.3. The fraction of sp³-hybridized carbons (Fsp3) is 0.300. The van der Waals surface area contributed by atoms with Gasteiger partial charge in [-0.15, -0.1) is 0 Å². The molecule has 0 aliphatic heterocycles. The Kier molecular flexibility index (Phi) is 2.37. The van der Waals surface area contributed by atoms with Crippen LogP contribution in [0.5, 0.6) is 0 Å². The van der Waals surface area contributed by atoms with Crippen LogP contribution in [0.1, 0.15) is 5.69 Å². The van der Waals surface area contributed by atoms with Crippen LogP contribution in [-0.2, 0) is 13.5 Å². The predicted molar refractivity (Wildman–Crippen MR) is 51.7 cm³/mol. The minimum atomic E-state index is 0.136. The highest BCUT2D eigenvalue weighted by atomic mass is 16.3. The molecule has 0 spiro atoms. The van der Waals surface area contributed by atoms with Crippen LogP contribution in [0.25, 0.3) is 11.6 Å². The Morgan fingerprint density at radius 2 is 2.43 bits per heavy atom. The zero-order valence-corrected chi connectivity index (χ0v) is 7.97. The first kappa shape index (κ1) is 9.02. The Bertz CT molecular complexity index is 404. The first-order valence-electron chi connectivity index (χ1n) is 4.48. The van der Waals surface area contributed by atoms with E-state index in [9.17, 15) is 0 Å². The van der Waals surface area contributed by atoms with E-state index in [2.05, 4.69) is 4.98 Å². The molecule has 0 aliphatic carbocycles. The molecule has 0 aliphatic rings. The zero-order chi connectivity index (χ0) is 9.97. The van der Waals surface area contributed by atoms with Gasteiger partial charge in [0, 0.05) is 32.0 Å². The van der Waals surface area contributed by atoms with Crippen LogP contribution in [0, 0.1) is 0 Å². The molecular formula is C10H12N2O2. The summed E-state index contributed by atoms with van der Waals surface area (Å²) in [7, 11) is 1.91. The van der Waals surface area contributed by atoms with E-state index in [0.717, 1.165) is 17.3 Å². The normalized spacial score (nSPS) is 10.7. The number of furan rings is 1. The second-order valence-electron chi connectivity index (χ2n) is 3.08. The van der Waals surface area contributed by atoms with Gasteiger partial charge in [0.05, 0.1) is 6.26 Å². The summed E-state index contributed by atoms with van der Waals surface area (Å²) in [5.74, 6) is 1.54. The lowest BCUT2D eigenvalue weighted by Crippen LogP contribution is -2.00. The summed E-state index contributed by atoms with van der Waals surface area (Å²) in [6.45, 7) is 0.136. The summed E-state index contributed by atoms with van der Waals surface area (Å²) in [5, 5.41) is 8.82. The maximum Gasteiger partial charge on any atom is 0.176 e. The molecule has 0 radical (unpaired) electrons. The van der Waals surface area contributed by atoms with Gasteiger partial charge in [0.2, 0.25) is 0 Å². The highest BCUT2D eigenvalue weighted by Crippen LogP contribution is 2.18. The maximum atomic E-state index is 8.82. The monoisotopic (exact) mass is 192 g/mol. The fourth-order valence-corrected chi connectivity index (χ4v) is 1.43. The minimum Gasteiger partial charge on any atom is -0.461 e. The van der Waals surface area contributed by atoms with Crippen LogP contribution in [0.4, 0.5) is 0 Å². The SMILES string of the molecule is Cn1c(CCO)cnc1-c1ccco1. The van der Waals surface area contributed by atoms with E-state index in [-0.39, 0.29) is 6.61 Å². The van der Waals surface area contributed by atoms with Gasteiger partial charge < -0.3 is 14.1 Å². The summed E-state index contributed by atoms with van der Waals surface area (Å²) in [6, 6.07) is 3.70. The van der Waals surface area contributed by atoms with Crippen molar-refractivity contribution in [3.8, 4) is 11.6 Å². The average molecular weight is 192 g/mol. The lowest BCUT2D eigenvalue weighted by molar-refractivity contribution is 0.297. The first-order valence-corrected chi connectivity index (χ1v) is 4.48. The number of rotatable bonds is 3. The Hall–Kier alpha value is -1.55. The zero-order valence-electron chi connectivity index (χ0n) is 7.97. The van der Waals surface area contributed by atoms with Crippen LogP contribution >= 0.6 is 0 Å². The number of hydrogen-bond donors (Lipinski definition) is 1. The molecule has 1 N–H and O–H groups in total. The molecule has 0 bridgehead atoms. The largest absolute Gasteiger partial charge is 0.461 e. The molecule has 0 amide bonds. The fourth-order valence-electron chi connectivity index (χ4n) is 1.43.